The van der Waals surface area contributed by atoms with Crippen LogP contribution in [0.4, 0.5) is 0 Å². The second-order valence-corrected chi connectivity index (χ2v) is 5.15. The van der Waals surface area contributed by atoms with E-state index in [1.807, 2.05) is 25.1 Å². The van der Waals surface area contributed by atoms with Crippen LogP contribution in [-0.4, -0.2) is 18.1 Å². The molecule has 1 N–H and O–H groups in total. The Balaban J connectivity index is 2.38. The van der Waals surface area contributed by atoms with Crippen molar-refractivity contribution in [1.29, 1.82) is 0 Å². The van der Waals surface area contributed by atoms with Gasteiger partial charge in [-0.05, 0) is 32.8 Å². The summed E-state index contributed by atoms with van der Waals surface area (Å²) in [6, 6.07) is 8.15. The van der Waals surface area contributed by atoms with Crippen LogP contribution in [0.25, 0.3) is 5.70 Å². The number of carbonyl (C=O) groups excluding carboxylic acids is 1. The van der Waals surface area contributed by atoms with Crippen molar-refractivity contribution in [2.24, 2.45) is 0 Å². The lowest BCUT2D eigenvalue weighted by atomic mass is 9.86. The van der Waals surface area contributed by atoms with Gasteiger partial charge in [-0.1, -0.05) is 24.3 Å². The van der Waals surface area contributed by atoms with Crippen LogP contribution in [0.15, 0.2) is 30.3 Å². The van der Waals surface area contributed by atoms with Crippen molar-refractivity contribution < 1.29 is 9.53 Å². The molecule has 1 aliphatic heterocycles. The van der Waals surface area contributed by atoms with Crippen LogP contribution in [-0.2, 0) is 16.0 Å². The van der Waals surface area contributed by atoms with Gasteiger partial charge in [-0.2, -0.15) is 0 Å². The summed E-state index contributed by atoms with van der Waals surface area (Å²) in [6.45, 7) is 6.46. The second-order valence-electron chi connectivity index (χ2n) is 5.15. The zero-order valence-electron chi connectivity index (χ0n) is 11.1. The maximum atomic E-state index is 11.6. The SMILES string of the molecule is CCOC(=O)C=C1NC(C)(C)Cc2ccccc21. The Morgan fingerprint density at radius 3 is 2.89 bits per heavy atom. The van der Waals surface area contributed by atoms with Crippen LogP contribution >= 0.6 is 0 Å². The van der Waals surface area contributed by atoms with E-state index < -0.39 is 0 Å². The lowest BCUT2D eigenvalue weighted by Crippen LogP contribution is -2.43. The standard InChI is InChI=1S/C15H19NO2/c1-4-18-14(17)9-13-12-8-6-5-7-11(12)10-15(2,3)16-13/h5-9,16H,4,10H2,1-3H3. The number of fused-ring (bicyclic) bond motifs is 1. The van der Waals surface area contributed by atoms with Gasteiger partial charge in [-0.15, -0.1) is 0 Å². The Kier molecular flexibility index (Phi) is 3.41. The highest BCUT2D eigenvalue weighted by molar-refractivity contribution is 5.91. The summed E-state index contributed by atoms with van der Waals surface area (Å²) in [5, 5.41) is 3.40. The zero-order chi connectivity index (χ0) is 13.2. The predicted molar refractivity (Wildman–Crippen MR) is 72.0 cm³/mol. The average molecular weight is 245 g/mol. The molecule has 3 heteroatoms. The van der Waals surface area contributed by atoms with Crippen molar-refractivity contribution in [3.05, 3.63) is 41.5 Å². The lowest BCUT2D eigenvalue weighted by molar-refractivity contribution is -0.137. The van der Waals surface area contributed by atoms with Crippen LogP contribution in [0.5, 0.6) is 0 Å². The fraction of sp³-hybridized carbons (Fsp3) is 0.400. The van der Waals surface area contributed by atoms with E-state index in [4.69, 9.17) is 4.74 Å². The number of esters is 1. The monoisotopic (exact) mass is 245 g/mol. The van der Waals surface area contributed by atoms with Crippen molar-refractivity contribution in [3.63, 3.8) is 0 Å². The van der Waals surface area contributed by atoms with Crippen LogP contribution in [0.1, 0.15) is 31.9 Å². The Morgan fingerprint density at radius 1 is 1.44 bits per heavy atom. The van der Waals surface area contributed by atoms with Crippen LogP contribution in [0.3, 0.4) is 0 Å². The van der Waals surface area contributed by atoms with E-state index in [0.717, 1.165) is 17.7 Å². The molecule has 0 atom stereocenters. The summed E-state index contributed by atoms with van der Waals surface area (Å²) >= 11 is 0. The van der Waals surface area contributed by atoms with Crippen molar-refractivity contribution in [2.45, 2.75) is 32.7 Å². The summed E-state index contributed by atoms with van der Waals surface area (Å²) in [5.74, 6) is -0.299. The van der Waals surface area contributed by atoms with E-state index in [9.17, 15) is 4.79 Å². The molecule has 0 bridgehead atoms. The minimum Gasteiger partial charge on any atom is -0.463 e. The largest absolute Gasteiger partial charge is 0.463 e. The fourth-order valence-corrected chi connectivity index (χ4v) is 2.31. The zero-order valence-corrected chi connectivity index (χ0v) is 11.1. The molecule has 0 aliphatic carbocycles. The molecular weight excluding hydrogens is 226 g/mol. The van der Waals surface area contributed by atoms with Gasteiger partial charge in [0.05, 0.1) is 6.61 Å². The summed E-state index contributed by atoms with van der Waals surface area (Å²) in [7, 11) is 0. The van der Waals surface area contributed by atoms with Gasteiger partial charge in [-0.25, -0.2) is 4.79 Å². The number of nitrogens with one attached hydrogen (secondary N) is 1. The Bertz CT molecular complexity index is 489. The fourth-order valence-electron chi connectivity index (χ4n) is 2.31. The Hall–Kier alpha value is -1.77. The van der Waals surface area contributed by atoms with E-state index in [1.54, 1.807) is 6.08 Å². The van der Waals surface area contributed by atoms with Crippen LogP contribution < -0.4 is 5.32 Å². The molecule has 1 aromatic rings. The average Bonchev–Trinajstić information content (AvgIpc) is 2.27. The first kappa shape index (κ1) is 12.7. The molecule has 0 saturated heterocycles. The van der Waals surface area contributed by atoms with Gasteiger partial charge >= 0.3 is 5.97 Å². The molecule has 0 unspecified atom stereocenters. The van der Waals surface area contributed by atoms with Gasteiger partial charge in [0.2, 0.25) is 0 Å². The predicted octanol–water partition coefficient (Wildman–Crippen LogP) is 2.51. The number of hydrogen-bond acceptors (Lipinski definition) is 3. The minimum absolute atomic E-state index is 0.0489. The normalized spacial score (nSPS) is 18.9. The summed E-state index contributed by atoms with van der Waals surface area (Å²) in [4.78, 5) is 11.6. The smallest absolute Gasteiger partial charge is 0.332 e. The molecule has 0 radical (unpaired) electrons. The molecule has 1 aliphatic rings. The third-order valence-electron chi connectivity index (χ3n) is 2.96. The van der Waals surface area contributed by atoms with Gasteiger partial charge < -0.3 is 10.1 Å². The molecule has 0 aromatic heterocycles. The maximum Gasteiger partial charge on any atom is 0.332 e. The number of rotatable bonds is 2. The molecular formula is C15H19NO2. The third kappa shape index (κ3) is 2.73. The van der Waals surface area contributed by atoms with Crippen LogP contribution in [0.2, 0.25) is 0 Å². The molecule has 18 heavy (non-hydrogen) atoms. The van der Waals surface area contributed by atoms with E-state index in [0.29, 0.717) is 6.61 Å². The minimum atomic E-state index is -0.299. The van der Waals surface area contributed by atoms with E-state index >= 15 is 0 Å². The third-order valence-corrected chi connectivity index (χ3v) is 2.96. The quantitative estimate of drug-likeness (QED) is 0.642. The maximum absolute atomic E-state index is 11.6. The molecule has 1 heterocycles. The Morgan fingerprint density at radius 2 is 2.17 bits per heavy atom. The van der Waals surface area contributed by atoms with Crippen molar-refractivity contribution in [3.8, 4) is 0 Å². The first-order valence-corrected chi connectivity index (χ1v) is 6.27. The van der Waals surface area contributed by atoms with E-state index in [1.165, 1.54) is 5.56 Å². The van der Waals surface area contributed by atoms with Gasteiger partial charge in [0.15, 0.2) is 0 Å². The van der Waals surface area contributed by atoms with E-state index in [-0.39, 0.29) is 11.5 Å². The summed E-state index contributed by atoms with van der Waals surface area (Å²) in [5.41, 5.74) is 3.15. The lowest BCUT2D eigenvalue weighted by Gasteiger charge is -2.35. The molecule has 1 aromatic carbocycles. The molecule has 0 saturated carbocycles. The van der Waals surface area contributed by atoms with Gasteiger partial charge in [0, 0.05) is 22.9 Å². The highest BCUT2D eigenvalue weighted by atomic mass is 16.5. The first-order valence-electron chi connectivity index (χ1n) is 6.27. The number of hydrogen-bond donors (Lipinski definition) is 1. The van der Waals surface area contributed by atoms with Crippen molar-refractivity contribution >= 4 is 11.7 Å². The van der Waals surface area contributed by atoms with E-state index in [2.05, 4.69) is 25.2 Å². The van der Waals surface area contributed by atoms with Gasteiger partial charge in [-0.3, -0.25) is 0 Å². The topological polar surface area (TPSA) is 38.3 Å². The Labute approximate surface area is 108 Å². The number of carbonyl (C=O) groups is 1. The number of benzene rings is 1. The van der Waals surface area contributed by atoms with Crippen LogP contribution in [0, 0.1) is 0 Å². The molecule has 3 nitrogen and oxygen atoms in total. The highest BCUT2D eigenvalue weighted by Crippen LogP contribution is 2.29. The van der Waals surface area contributed by atoms with Gasteiger partial charge in [0.1, 0.15) is 0 Å². The second kappa shape index (κ2) is 4.84. The molecule has 0 spiro atoms. The van der Waals surface area contributed by atoms with Crippen molar-refractivity contribution in [1.82, 2.24) is 5.32 Å². The van der Waals surface area contributed by atoms with Crippen molar-refractivity contribution in [2.75, 3.05) is 6.61 Å². The molecule has 0 fully saturated rings. The number of ether oxygens (including phenoxy) is 1. The first-order chi connectivity index (χ1) is 8.52. The molecule has 96 valence electrons. The summed E-state index contributed by atoms with van der Waals surface area (Å²) < 4.78 is 4.97. The molecule has 2 rings (SSSR count). The summed E-state index contributed by atoms with van der Waals surface area (Å²) in [6.07, 6.45) is 2.49. The van der Waals surface area contributed by atoms with Gasteiger partial charge in [0.25, 0.3) is 0 Å². The highest BCUT2D eigenvalue weighted by Gasteiger charge is 2.27. The molecule has 0 amide bonds.